The zero-order valence-electron chi connectivity index (χ0n) is 16.6. The summed E-state index contributed by atoms with van der Waals surface area (Å²) in [6.07, 6.45) is -1.81. The van der Waals surface area contributed by atoms with Crippen LogP contribution in [-0.4, -0.2) is 11.5 Å². The van der Waals surface area contributed by atoms with E-state index in [1.807, 2.05) is 6.07 Å². The van der Waals surface area contributed by atoms with Crippen LogP contribution in [-0.2, 0) is 18.0 Å². The highest BCUT2D eigenvalue weighted by molar-refractivity contribution is 5.91. The number of nitrogens with two attached hydrogens (primary N) is 1. The molecule has 0 amide bonds. The molecule has 2 nitrogen and oxygen atoms in total. The number of hydrogen-bond donors (Lipinski definition) is 2. The lowest BCUT2D eigenvalue weighted by Crippen LogP contribution is -2.10. The number of hydrogen-bond acceptors (Lipinski definition) is 1. The highest BCUT2D eigenvalue weighted by atomic mass is 19.4. The van der Waals surface area contributed by atoms with Crippen molar-refractivity contribution < 1.29 is 13.2 Å². The van der Waals surface area contributed by atoms with E-state index < -0.39 is 11.7 Å². The average molecular weight is 388 g/mol. The van der Waals surface area contributed by atoms with Gasteiger partial charge in [0.25, 0.3) is 0 Å². The van der Waals surface area contributed by atoms with Crippen LogP contribution in [0.1, 0.15) is 50.3 Å². The van der Waals surface area contributed by atoms with Gasteiger partial charge in [-0.25, -0.2) is 0 Å². The number of nitrogens with one attached hydrogen (secondary N) is 1. The second kappa shape index (κ2) is 7.63. The van der Waals surface area contributed by atoms with Gasteiger partial charge >= 0.3 is 6.18 Å². The standard InChI is InChI=1S/C23H27F3N2/c1-22(2,3)16-10-11-20-19(14-16)18(9-4-5-12-27)21(28-20)15-7-6-8-17(13-15)23(24,25)26/h6-8,10-11,13-14,28H,4-5,9,12,27H2,1-3H3. The van der Waals surface area contributed by atoms with Crippen molar-refractivity contribution in [2.75, 3.05) is 6.54 Å². The Morgan fingerprint density at radius 3 is 2.32 bits per heavy atom. The van der Waals surface area contributed by atoms with Gasteiger partial charge in [-0.1, -0.05) is 39.0 Å². The Labute approximate surface area is 164 Å². The minimum atomic E-state index is -4.36. The summed E-state index contributed by atoms with van der Waals surface area (Å²) in [6.45, 7) is 7.07. The minimum absolute atomic E-state index is 0.00362. The number of fused-ring (bicyclic) bond motifs is 1. The summed E-state index contributed by atoms with van der Waals surface area (Å²) in [4.78, 5) is 3.37. The molecule has 3 aromatic rings. The van der Waals surface area contributed by atoms with Crippen molar-refractivity contribution in [1.29, 1.82) is 0 Å². The van der Waals surface area contributed by atoms with Crippen molar-refractivity contribution in [3.05, 3.63) is 59.2 Å². The zero-order chi connectivity index (χ0) is 20.5. The molecule has 0 radical (unpaired) electrons. The summed E-state index contributed by atoms with van der Waals surface area (Å²) in [5.74, 6) is 0. The average Bonchev–Trinajstić information content (AvgIpc) is 2.99. The van der Waals surface area contributed by atoms with Crippen molar-refractivity contribution in [2.45, 2.75) is 51.6 Å². The number of aryl methyl sites for hydroxylation is 1. The number of aromatic amines is 1. The van der Waals surface area contributed by atoms with Gasteiger partial charge in [-0.2, -0.15) is 13.2 Å². The van der Waals surface area contributed by atoms with E-state index in [1.165, 1.54) is 17.7 Å². The Kier molecular flexibility index (Phi) is 5.57. The zero-order valence-corrected chi connectivity index (χ0v) is 16.6. The Hall–Kier alpha value is -2.27. The van der Waals surface area contributed by atoms with E-state index in [-0.39, 0.29) is 5.41 Å². The molecule has 150 valence electrons. The summed E-state index contributed by atoms with van der Waals surface area (Å²) in [5.41, 5.74) is 9.55. The first-order chi connectivity index (χ1) is 13.1. The fraction of sp³-hybridized carbons (Fsp3) is 0.391. The number of rotatable bonds is 5. The minimum Gasteiger partial charge on any atom is -0.354 e. The molecule has 0 unspecified atom stereocenters. The maximum atomic E-state index is 13.2. The monoisotopic (exact) mass is 388 g/mol. The van der Waals surface area contributed by atoms with Gasteiger partial charge in [-0.15, -0.1) is 0 Å². The number of unbranched alkanes of at least 4 members (excludes halogenated alkanes) is 1. The molecule has 2 aromatic carbocycles. The summed E-state index contributed by atoms with van der Waals surface area (Å²) in [7, 11) is 0. The van der Waals surface area contributed by atoms with Gasteiger partial charge in [0.1, 0.15) is 0 Å². The van der Waals surface area contributed by atoms with Gasteiger partial charge < -0.3 is 10.7 Å². The molecule has 0 saturated carbocycles. The molecule has 0 fully saturated rings. The first kappa shape index (κ1) is 20.5. The molecule has 0 aliphatic heterocycles. The summed E-state index contributed by atoms with van der Waals surface area (Å²) in [6, 6.07) is 11.8. The molecule has 3 N–H and O–H groups in total. The van der Waals surface area contributed by atoms with Gasteiger partial charge in [0.15, 0.2) is 0 Å². The van der Waals surface area contributed by atoms with Crippen LogP contribution in [0.3, 0.4) is 0 Å². The maximum Gasteiger partial charge on any atom is 0.416 e. The van der Waals surface area contributed by atoms with Crippen molar-refractivity contribution in [1.82, 2.24) is 4.98 Å². The molecule has 0 aliphatic carbocycles. The van der Waals surface area contributed by atoms with Crippen molar-refractivity contribution in [3.8, 4) is 11.3 Å². The fourth-order valence-electron chi connectivity index (χ4n) is 3.52. The third-order valence-electron chi connectivity index (χ3n) is 5.13. The topological polar surface area (TPSA) is 41.8 Å². The predicted molar refractivity (Wildman–Crippen MR) is 109 cm³/mol. The SMILES string of the molecule is CC(C)(C)c1ccc2[nH]c(-c3cccc(C(F)(F)F)c3)c(CCCCN)c2c1. The van der Waals surface area contributed by atoms with Gasteiger partial charge in [-0.05, 0) is 72.2 Å². The molecule has 1 heterocycles. The third kappa shape index (κ3) is 4.25. The van der Waals surface area contributed by atoms with Gasteiger partial charge in [0.2, 0.25) is 0 Å². The molecule has 0 bridgehead atoms. The molecule has 5 heteroatoms. The molecule has 0 spiro atoms. The van der Waals surface area contributed by atoms with E-state index in [4.69, 9.17) is 5.73 Å². The molecule has 1 aromatic heterocycles. The normalized spacial score (nSPS) is 12.7. The molecular formula is C23H27F3N2. The Morgan fingerprint density at radius 1 is 0.929 bits per heavy atom. The van der Waals surface area contributed by atoms with Crippen molar-refractivity contribution in [3.63, 3.8) is 0 Å². The third-order valence-corrected chi connectivity index (χ3v) is 5.13. The number of aromatic nitrogens is 1. The molecular weight excluding hydrogens is 361 g/mol. The van der Waals surface area contributed by atoms with Crippen molar-refractivity contribution in [2.24, 2.45) is 5.73 Å². The van der Waals surface area contributed by atoms with E-state index in [1.54, 1.807) is 6.07 Å². The fourth-order valence-corrected chi connectivity index (χ4v) is 3.52. The second-order valence-corrected chi connectivity index (χ2v) is 8.31. The number of halogens is 3. The smallest absolute Gasteiger partial charge is 0.354 e. The Morgan fingerprint density at radius 2 is 1.68 bits per heavy atom. The van der Waals surface area contributed by atoms with Crippen LogP contribution in [0.25, 0.3) is 22.2 Å². The second-order valence-electron chi connectivity index (χ2n) is 8.31. The number of alkyl halides is 3. The van der Waals surface area contributed by atoms with Gasteiger partial charge in [0.05, 0.1) is 5.56 Å². The first-order valence-corrected chi connectivity index (χ1v) is 9.64. The lowest BCUT2D eigenvalue weighted by Gasteiger charge is -2.19. The molecule has 0 saturated heterocycles. The van der Waals surface area contributed by atoms with Gasteiger partial charge in [0, 0.05) is 16.6 Å². The van der Waals surface area contributed by atoms with Crippen LogP contribution < -0.4 is 5.73 Å². The largest absolute Gasteiger partial charge is 0.416 e. The molecule has 3 rings (SSSR count). The van der Waals surface area contributed by atoms with Crippen LogP contribution in [0, 0.1) is 0 Å². The van der Waals surface area contributed by atoms with E-state index in [2.05, 4.69) is 37.9 Å². The highest BCUT2D eigenvalue weighted by Crippen LogP contribution is 2.37. The van der Waals surface area contributed by atoms with Crippen LogP contribution in [0.2, 0.25) is 0 Å². The summed E-state index contributed by atoms with van der Waals surface area (Å²) in [5, 5.41) is 1.08. The molecule has 0 atom stereocenters. The summed E-state index contributed by atoms with van der Waals surface area (Å²) >= 11 is 0. The van der Waals surface area contributed by atoms with E-state index in [0.29, 0.717) is 12.1 Å². The van der Waals surface area contributed by atoms with Crippen LogP contribution in [0.15, 0.2) is 42.5 Å². The lowest BCUT2D eigenvalue weighted by molar-refractivity contribution is -0.137. The quantitative estimate of drug-likeness (QED) is 0.486. The number of H-pyrrole nitrogens is 1. The van der Waals surface area contributed by atoms with E-state index >= 15 is 0 Å². The molecule has 28 heavy (non-hydrogen) atoms. The van der Waals surface area contributed by atoms with Gasteiger partial charge in [-0.3, -0.25) is 0 Å². The highest BCUT2D eigenvalue weighted by Gasteiger charge is 2.30. The predicted octanol–water partition coefficient (Wildman–Crippen LogP) is 6.43. The van der Waals surface area contributed by atoms with Crippen LogP contribution in [0.5, 0.6) is 0 Å². The van der Waals surface area contributed by atoms with Crippen LogP contribution >= 0.6 is 0 Å². The lowest BCUT2D eigenvalue weighted by atomic mass is 9.86. The molecule has 0 aliphatic rings. The maximum absolute atomic E-state index is 13.2. The van der Waals surface area contributed by atoms with Crippen molar-refractivity contribution >= 4 is 10.9 Å². The van der Waals surface area contributed by atoms with E-state index in [9.17, 15) is 13.2 Å². The summed E-state index contributed by atoms with van der Waals surface area (Å²) < 4.78 is 39.6. The number of benzene rings is 2. The van der Waals surface area contributed by atoms with Crippen LogP contribution in [0.4, 0.5) is 13.2 Å². The van der Waals surface area contributed by atoms with E-state index in [0.717, 1.165) is 47.5 Å². The Balaban J connectivity index is 2.17. The Bertz CT molecular complexity index is 962. The first-order valence-electron chi connectivity index (χ1n) is 9.64.